The first-order valence-corrected chi connectivity index (χ1v) is 15.0. The molecular weight excluding hydrogens is 508 g/mol. The van der Waals surface area contributed by atoms with E-state index in [-0.39, 0.29) is 0 Å². The van der Waals surface area contributed by atoms with Crippen LogP contribution in [0, 0.1) is 6.92 Å². The van der Waals surface area contributed by atoms with Crippen LogP contribution in [0.4, 0.5) is 0 Å². The number of aryl methyl sites for hydroxylation is 1. The molecule has 2 nitrogen and oxygen atoms in total. The molecule has 42 heavy (non-hydrogen) atoms. The molecule has 202 valence electrons. The highest BCUT2D eigenvalue weighted by atomic mass is 15.1. The Balaban J connectivity index is 1.35. The number of benzene rings is 5. The Morgan fingerprint density at radius 1 is 0.619 bits per heavy atom. The Kier molecular flexibility index (Phi) is 6.00. The summed E-state index contributed by atoms with van der Waals surface area (Å²) in [5, 5.41) is 5.50. The molecule has 0 N–H and O–H groups in total. The number of hydrogen-bond donors (Lipinski definition) is 0. The maximum absolute atomic E-state index is 5.07. The fraction of sp³-hybridized carbons (Fsp3) is 0.125. The summed E-state index contributed by atoms with van der Waals surface area (Å²) < 4.78 is 2.37. The molecule has 1 aromatic heterocycles. The number of aromatic nitrogens is 2. The number of para-hydroxylation sites is 2. The minimum Gasteiger partial charge on any atom is -0.296 e. The molecular formula is C40H32N2. The third-order valence-electron chi connectivity index (χ3n) is 8.80. The highest BCUT2D eigenvalue weighted by Gasteiger charge is 2.21. The standard InChI is InChI=1S/C40H32N2/c1-27-20-25-34-35(26-27)39(33-17-9-8-16-32(33)38(34)28-12-4-2-5-13-28)29-21-23-31(24-22-29)42-37-19-11-10-18-36(37)41-40(42)30-14-6-3-7-15-30/h2-7,10-21,23,25-26H,8-9,22,24H2,1H3. The van der Waals surface area contributed by atoms with E-state index in [9.17, 15) is 0 Å². The SMILES string of the molecule is Cc1ccc2c(-c3ccccc3)c3c(c(C4=CC=C(n5c(-c6ccccc6)nc6ccccc65)CC4)c2c1)=CCCC=3. The number of rotatable bonds is 4. The minimum absolute atomic E-state index is 0.957. The highest BCUT2D eigenvalue weighted by molar-refractivity contribution is 6.04. The van der Waals surface area contributed by atoms with Crippen LogP contribution in [-0.2, 0) is 0 Å². The zero-order valence-corrected chi connectivity index (χ0v) is 23.8. The molecule has 0 spiro atoms. The van der Waals surface area contributed by atoms with Gasteiger partial charge in [0.1, 0.15) is 5.82 Å². The molecule has 1 heterocycles. The van der Waals surface area contributed by atoms with E-state index in [1.165, 1.54) is 54.7 Å². The minimum atomic E-state index is 0.957. The first-order chi connectivity index (χ1) is 20.8. The number of imidazole rings is 1. The first kappa shape index (κ1) is 24.8. The first-order valence-electron chi connectivity index (χ1n) is 15.0. The van der Waals surface area contributed by atoms with Crippen LogP contribution in [-0.4, -0.2) is 9.55 Å². The Labute approximate surface area is 246 Å². The second-order valence-corrected chi connectivity index (χ2v) is 11.5. The molecule has 0 saturated carbocycles. The molecule has 0 saturated heterocycles. The molecule has 2 heteroatoms. The maximum Gasteiger partial charge on any atom is 0.145 e. The van der Waals surface area contributed by atoms with E-state index in [1.54, 1.807) is 0 Å². The normalized spacial score (nSPS) is 14.6. The Bertz CT molecular complexity index is 2180. The molecule has 0 unspecified atom stereocenters. The highest BCUT2D eigenvalue weighted by Crippen LogP contribution is 2.37. The monoisotopic (exact) mass is 540 g/mol. The van der Waals surface area contributed by atoms with Gasteiger partial charge in [-0.15, -0.1) is 0 Å². The van der Waals surface area contributed by atoms with Gasteiger partial charge in [-0.3, -0.25) is 4.57 Å². The van der Waals surface area contributed by atoms with Crippen molar-refractivity contribution >= 4 is 45.2 Å². The van der Waals surface area contributed by atoms with Crippen LogP contribution < -0.4 is 10.4 Å². The van der Waals surface area contributed by atoms with Crippen LogP contribution in [0.25, 0.3) is 67.7 Å². The van der Waals surface area contributed by atoms with Gasteiger partial charge in [-0.1, -0.05) is 115 Å². The van der Waals surface area contributed by atoms with Gasteiger partial charge in [0.15, 0.2) is 0 Å². The summed E-state index contributed by atoms with van der Waals surface area (Å²) in [6, 6.07) is 37.0. The predicted octanol–water partition coefficient (Wildman–Crippen LogP) is 8.91. The zero-order chi connectivity index (χ0) is 28.0. The fourth-order valence-corrected chi connectivity index (χ4v) is 6.90. The van der Waals surface area contributed by atoms with Crippen molar-refractivity contribution in [2.75, 3.05) is 0 Å². The van der Waals surface area contributed by atoms with E-state index in [0.717, 1.165) is 48.1 Å². The van der Waals surface area contributed by atoms with Gasteiger partial charge in [0, 0.05) is 11.3 Å². The van der Waals surface area contributed by atoms with Gasteiger partial charge in [0.2, 0.25) is 0 Å². The van der Waals surface area contributed by atoms with Crippen molar-refractivity contribution in [1.82, 2.24) is 9.55 Å². The van der Waals surface area contributed by atoms with E-state index in [4.69, 9.17) is 4.98 Å². The summed E-state index contributed by atoms with van der Waals surface area (Å²) in [6.45, 7) is 2.21. The Morgan fingerprint density at radius 3 is 2.05 bits per heavy atom. The molecule has 2 aliphatic rings. The third-order valence-corrected chi connectivity index (χ3v) is 8.80. The van der Waals surface area contributed by atoms with E-state index >= 15 is 0 Å². The lowest BCUT2D eigenvalue weighted by molar-refractivity contribution is 0.970. The van der Waals surface area contributed by atoms with Crippen LogP contribution >= 0.6 is 0 Å². The van der Waals surface area contributed by atoms with Crippen molar-refractivity contribution in [2.45, 2.75) is 32.6 Å². The number of nitrogens with zero attached hydrogens (tertiary/aromatic N) is 2. The summed E-state index contributed by atoms with van der Waals surface area (Å²) in [5.74, 6) is 1.01. The van der Waals surface area contributed by atoms with E-state index in [2.05, 4.69) is 139 Å². The van der Waals surface area contributed by atoms with Crippen molar-refractivity contribution in [2.24, 2.45) is 0 Å². The summed E-state index contributed by atoms with van der Waals surface area (Å²) in [7, 11) is 0. The molecule has 0 aliphatic heterocycles. The van der Waals surface area contributed by atoms with Gasteiger partial charge in [-0.25, -0.2) is 4.98 Å². The Morgan fingerprint density at radius 2 is 1.31 bits per heavy atom. The number of allylic oxidation sites excluding steroid dienone is 4. The molecule has 0 radical (unpaired) electrons. The molecule has 6 aromatic rings. The summed E-state index contributed by atoms with van der Waals surface area (Å²) in [4.78, 5) is 5.07. The third kappa shape index (κ3) is 4.06. The molecule has 0 atom stereocenters. The summed E-state index contributed by atoms with van der Waals surface area (Å²) in [6.07, 6.45) is 13.8. The molecule has 8 rings (SSSR count). The van der Waals surface area contributed by atoms with Gasteiger partial charge in [-0.05, 0) is 94.3 Å². The lowest BCUT2D eigenvalue weighted by Crippen LogP contribution is -2.33. The molecule has 2 aliphatic carbocycles. The van der Waals surface area contributed by atoms with Crippen molar-refractivity contribution in [3.8, 4) is 22.5 Å². The lowest BCUT2D eigenvalue weighted by atomic mass is 9.83. The molecule has 0 bridgehead atoms. The van der Waals surface area contributed by atoms with E-state index in [1.807, 2.05) is 0 Å². The molecule has 0 amide bonds. The summed E-state index contributed by atoms with van der Waals surface area (Å²) >= 11 is 0. The predicted molar refractivity (Wildman–Crippen MR) is 178 cm³/mol. The molecule has 0 fully saturated rings. The van der Waals surface area contributed by atoms with Gasteiger partial charge in [-0.2, -0.15) is 0 Å². The Hall–Kier alpha value is -4.95. The molecule has 5 aromatic carbocycles. The number of hydrogen-bond acceptors (Lipinski definition) is 1. The quantitative estimate of drug-likeness (QED) is 0.218. The largest absolute Gasteiger partial charge is 0.296 e. The van der Waals surface area contributed by atoms with Crippen LogP contribution in [0.2, 0.25) is 0 Å². The van der Waals surface area contributed by atoms with Crippen LogP contribution in [0.5, 0.6) is 0 Å². The average molecular weight is 541 g/mol. The number of fused-ring (bicyclic) bond motifs is 3. The zero-order valence-electron chi connectivity index (χ0n) is 23.8. The van der Waals surface area contributed by atoms with Gasteiger partial charge in [0.05, 0.1) is 11.0 Å². The smallest absolute Gasteiger partial charge is 0.145 e. The van der Waals surface area contributed by atoms with Crippen molar-refractivity contribution in [3.63, 3.8) is 0 Å². The fourth-order valence-electron chi connectivity index (χ4n) is 6.90. The van der Waals surface area contributed by atoms with Crippen molar-refractivity contribution < 1.29 is 0 Å². The van der Waals surface area contributed by atoms with Crippen LogP contribution in [0.3, 0.4) is 0 Å². The van der Waals surface area contributed by atoms with Crippen LogP contribution in [0.15, 0.2) is 115 Å². The summed E-state index contributed by atoms with van der Waals surface area (Å²) in [5.41, 5.74) is 11.4. The van der Waals surface area contributed by atoms with E-state index in [0.29, 0.717) is 0 Å². The lowest BCUT2D eigenvalue weighted by Gasteiger charge is -2.22. The average Bonchev–Trinajstić information content (AvgIpc) is 3.44. The van der Waals surface area contributed by atoms with Crippen molar-refractivity contribution in [1.29, 1.82) is 0 Å². The second kappa shape index (κ2) is 10.2. The van der Waals surface area contributed by atoms with Gasteiger partial charge < -0.3 is 0 Å². The van der Waals surface area contributed by atoms with Gasteiger partial charge in [0.25, 0.3) is 0 Å². The van der Waals surface area contributed by atoms with Crippen LogP contribution in [0.1, 0.15) is 36.8 Å². The van der Waals surface area contributed by atoms with Gasteiger partial charge >= 0.3 is 0 Å². The maximum atomic E-state index is 5.07. The van der Waals surface area contributed by atoms with E-state index < -0.39 is 0 Å². The topological polar surface area (TPSA) is 17.8 Å². The second-order valence-electron chi connectivity index (χ2n) is 11.5. The van der Waals surface area contributed by atoms with Crippen molar-refractivity contribution in [3.05, 3.63) is 137 Å².